The SMILES string of the molecule is O=C(c1cc2ccccc2s1)[C@H]1CC[C@H](NCc2ccc3c(c2)OCCO3)CC1. The van der Waals surface area contributed by atoms with Crippen molar-refractivity contribution in [2.75, 3.05) is 13.2 Å². The molecule has 0 radical (unpaired) electrons. The Bertz CT molecular complexity index is 987. The van der Waals surface area contributed by atoms with Crippen LogP contribution in [0.5, 0.6) is 11.5 Å². The number of thiophene rings is 1. The molecule has 0 amide bonds. The molecule has 2 heterocycles. The maximum absolute atomic E-state index is 13.0. The third-order valence-corrected chi connectivity index (χ3v) is 7.10. The number of Topliss-reactive ketones (excluding diaryl/α,β-unsaturated/α-hetero) is 1. The van der Waals surface area contributed by atoms with Gasteiger partial charge >= 0.3 is 0 Å². The molecule has 1 fully saturated rings. The molecule has 150 valence electrons. The van der Waals surface area contributed by atoms with Gasteiger partial charge in [-0.2, -0.15) is 0 Å². The van der Waals surface area contributed by atoms with Crippen LogP contribution in [0.4, 0.5) is 0 Å². The lowest BCUT2D eigenvalue weighted by molar-refractivity contribution is 0.0883. The topological polar surface area (TPSA) is 47.6 Å². The molecular formula is C24H25NO3S. The van der Waals surface area contributed by atoms with Gasteiger partial charge in [0.25, 0.3) is 0 Å². The molecule has 2 aliphatic rings. The molecule has 0 bridgehead atoms. The summed E-state index contributed by atoms with van der Waals surface area (Å²) in [5, 5.41) is 4.84. The zero-order valence-electron chi connectivity index (χ0n) is 16.4. The molecule has 0 atom stereocenters. The molecule has 29 heavy (non-hydrogen) atoms. The molecule has 0 saturated heterocycles. The Hall–Kier alpha value is -2.37. The Balaban J connectivity index is 1.15. The van der Waals surface area contributed by atoms with E-state index in [0.29, 0.717) is 25.0 Å². The van der Waals surface area contributed by atoms with E-state index in [4.69, 9.17) is 9.47 Å². The summed E-state index contributed by atoms with van der Waals surface area (Å²) >= 11 is 1.63. The van der Waals surface area contributed by atoms with Gasteiger partial charge in [-0.05, 0) is 60.9 Å². The Morgan fingerprint density at radius 3 is 2.59 bits per heavy atom. The molecule has 0 unspecified atom stereocenters. The molecule has 1 aliphatic heterocycles. The second-order valence-corrected chi connectivity index (χ2v) is 9.00. The third kappa shape index (κ3) is 4.02. The molecule has 1 aromatic heterocycles. The fraction of sp³-hybridized carbons (Fsp3) is 0.375. The number of nitrogens with one attached hydrogen (secondary N) is 1. The van der Waals surface area contributed by atoms with Gasteiger partial charge in [-0.25, -0.2) is 0 Å². The molecule has 1 saturated carbocycles. The molecule has 1 aliphatic carbocycles. The Morgan fingerprint density at radius 2 is 1.76 bits per heavy atom. The predicted octanol–water partition coefficient (Wildman–Crippen LogP) is 5.20. The van der Waals surface area contributed by atoms with E-state index in [1.807, 2.05) is 18.2 Å². The molecule has 5 heteroatoms. The number of carbonyl (C=O) groups excluding carboxylic acids is 1. The lowest BCUT2D eigenvalue weighted by atomic mass is 9.83. The van der Waals surface area contributed by atoms with Crippen molar-refractivity contribution >= 4 is 27.2 Å². The van der Waals surface area contributed by atoms with E-state index in [-0.39, 0.29) is 5.92 Å². The number of carbonyl (C=O) groups is 1. The van der Waals surface area contributed by atoms with Crippen molar-refractivity contribution in [1.29, 1.82) is 0 Å². The van der Waals surface area contributed by atoms with Crippen LogP contribution in [-0.4, -0.2) is 25.0 Å². The smallest absolute Gasteiger partial charge is 0.175 e. The summed E-state index contributed by atoms with van der Waals surface area (Å²) in [6.45, 7) is 2.05. The van der Waals surface area contributed by atoms with Gasteiger partial charge in [0, 0.05) is 23.2 Å². The summed E-state index contributed by atoms with van der Waals surface area (Å²) in [6, 6.07) is 16.9. The normalized spacial score (nSPS) is 21.2. The first kappa shape index (κ1) is 18.6. The fourth-order valence-electron chi connectivity index (χ4n) is 4.32. The summed E-state index contributed by atoms with van der Waals surface area (Å²) in [7, 11) is 0. The minimum atomic E-state index is 0.162. The second kappa shape index (κ2) is 8.17. The van der Waals surface area contributed by atoms with Gasteiger partial charge in [0.15, 0.2) is 17.3 Å². The summed E-state index contributed by atoms with van der Waals surface area (Å²) < 4.78 is 12.5. The number of ketones is 1. The van der Waals surface area contributed by atoms with Crippen LogP contribution in [-0.2, 0) is 6.54 Å². The largest absolute Gasteiger partial charge is 0.486 e. The summed E-state index contributed by atoms with van der Waals surface area (Å²) in [6.07, 6.45) is 4.02. The Labute approximate surface area is 174 Å². The number of ether oxygens (including phenoxy) is 2. The van der Waals surface area contributed by atoms with Crippen molar-refractivity contribution in [3.63, 3.8) is 0 Å². The number of benzene rings is 2. The van der Waals surface area contributed by atoms with E-state index < -0.39 is 0 Å². The first-order valence-electron chi connectivity index (χ1n) is 10.4. The average Bonchev–Trinajstić information content (AvgIpc) is 3.22. The molecule has 5 rings (SSSR count). The van der Waals surface area contributed by atoms with Crippen LogP contribution in [0, 0.1) is 5.92 Å². The zero-order valence-corrected chi connectivity index (χ0v) is 17.2. The van der Waals surface area contributed by atoms with Crippen molar-refractivity contribution in [2.45, 2.75) is 38.3 Å². The predicted molar refractivity (Wildman–Crippen MR) is 116 cm³/mol. The third-order valence-electron chi connectivity index (χ3n) is 5.97. The van der Waals surface area contributed by atoms with Crippen LogP contribution < -0.4 is 14.8 Å². The highest BCUT2D eigenvalue weighted by molar-refractivity contribution is 7.20. The fourth-order valence-corrected chi connectivity index (χ4v) is 5.41. The molecule has 1 N–H and O–H groups in total. The van der Waals surface area contributed by atoms with Gasteiger partial charge in [0.2, 0.25) is 0 Å². The first-order valence-corrected chi connectivity index (χ1v) is 11.2. The second-order valence-electron chi connectivity index (χ2n) is 7.92. The summed E-state index contributed by atoms with van der Waals surface area (Å²) in [4.78, 5) is 13.9. The van der Waals surface area contributed by atoms with Crippen molar-refractivity contribution in [3.05, 3.63) is 59.0 Å². The minimum Gasteiger partial charge on any atom is -0.486 e. The molecular weight excluding hydrogens is 382 g/mol. The van der Waals surface area contributed by atoms with Crippen molar-refractivity contribution < 1.29 is 14.3 Å². The van der Waals surface area contributed by atoms with E-state index in [0.717, 1.165) is 48.6 Å². The van der Waals surface area contributed by atoms with E-state index in [2.05, 4.69) is 35.6 Å². The van der Waals surface area contributed by atoms with Gasteiger partial charge in [-0.3, -0.25) is 4.79 Å². The van der Waals surface area contributed by atoms with Crippen LogP contribution in [0.15, 0.2) is 48.5 Å². The monoisotopic (exact) mass is 407 g/mol. The maximum Gasteiger partial charge on any atom is 0.175 e. The van der Waals surface area contributed by atoms with E-state index in [9.17, 15) is 4.79 Å². The van der Waals surface area contributed by atoms with E-state index in [1.165, 1.54) is 15.6 Å². The van der Waals surface area contributed by atoms with Crippen LogP contribution in [0.1, 0.15) is 40.9 Å². The molecule has 0 spiro atoms. The number of fused-ring (bicyclic) bond motifs is 2. The van der Waals surface area contributed by atoms with Gasteiger partial charge < -0.3 is 14.8 Å². The summed E-state index contributed by atoms with van der Waals surface area (Å²) in [5.74, 6) is 2.17. The van der Waals surface area contributed by atoms with E-state index in [1.54, 1.807) is 11.3 Å². The van der Waals surface area contributed by atoms with Gasteiger partial charge in [-0.15, -0.1) is 11.3 Å². The van der Waals surface area contributed by atoms with Crippen LogP contribution >= 0.6 is 11.3 Å². The standard InChI is InChI=1S/C24H25NO3S/c26-24(23-14-18-3-1-2-4-22(18)29-23)17-6-8-19(9-7-17)25-15-16-5-10-20-21(13-16)28-12-11-27-20/h1-5,10,13-14,17,19,25H,6-9,11-12,15H2/t17-,19-. The maximum atomic E-state index is 13.0. The van der Waals surface area contributed by atoms with Crippen LogP contribution in [0.3, 0.4) is 0 Å². The Morgan fingerprint density at radius 1 is 0.966 bits per heavy atom. The van der Waals surface area contributed by atoms with Crippen LogP contribution in [0.25, 0.3) is 10.1 Å². The Kier molecular flexibility index (Phi) is 5.25. The van der Waals surface area contributed by atoms with Crippen molar-refractivity contribution in [3.8, 4) is 11.5 Å². The van der Waals surface area contributed by atoms with Crippen LogP contribution in [0.2, 0.25) is 0 Å². The van der Waals surface area contributed by atoms with Crippen molar-refractivity contribution in [2.24, 2.45) is 5.92 Å². The highest BCUT2D eigenvalue weighted by Crippen LogP contribution is 2.33. The average molecular weight is 408 g/mol. The lowest BCUT2D eigenvalue weighted by Crippen LogP contribution is -2.34. The quantitative estimate of drug-likeness (QED) is 0.590. The highest BCUT2D eigenvalue weighted by Gasteiger charge is 2.27. The zero-order chi connectivity index (χ0) is 19.6. The molecule has 2 aromatic carbocycles. The first-order chi connectivity index (χ1) is 14.3. The molecule has 4 nitrogen and oxygen atoms in total. The highest BCUT2D eigenvalue weighted by atomic mass is 32.1. The van der Waals surface area contributed by atoms with Gasteiger partial charge in [-0.1, -0.05) is 24.3 Å². The lowest BCUT2D eigenvalue weighted by Gasteiger charge is -2.28. The molecule has 3 aromatic rings. The number of hydrogen-bond donors (Lipinski definition) is 1. The van der Waals surface area contributed by atoms with E-state index >= 15 is 0 Å². The van der Waals surface area contributed by atoms with Crippen molar-refractivity contribution in [1.82, 2.24) is 5.32 Å². The van der Waals surface area contributed by atoms with Gasteiger partial charge in [0.05, 0.1) is 4.88 Å². The number of hydrogen-bond acceptors (Lipinski definition) is 5. The van der Waals surface area contributed by atoms with Gasteiger partial charge in [0.1, 0.15) is 13.2 Å². The summed E-state index contributed by atoms with van der Waals surface area (Å²) in [5.41, 5.74) is 1.21. The number of rotatable bonds is 5. The minimum absolute atomic E-state index is 0.162.